The van der Waals surface area contributed by atoms with Crippen molar-refractivity contribution in [2.24, 2.45) is 7.05 Å². The van der Waals surface area contributed by atoms with Gasteiger partial charge in [-0.25, -0.2) is 0 Å². The van der Waals surface area contributed by atoms with Crippen LogP contribution in [0.4, 0.5) is 0 Å². The standard InChI is InChI=1S/C15H19N3O/c1-4-11(2)16-15(19)13-10-14(18(3)17-13)12-8-6-5-7-9-12/h5-11H,4H2,1-3H3,(H,16,19). The molecule has 1 atom stereocenters. The average molecular weight is 257 g/mol. The highest BCUT2D eigenvalue weighted by molar-refractivity contribution is 5.93. The Hall–Kier alpha value is -2.10. The van der Waals surface area contributed by atoms with Crippen LogP contribution in [0.5, 0.6) is 0 Å². The van der Waals surface area contributed by atoms with Crippen molar-refractivity contribution >= 4 is 5.91 Å². The van der Waals surface area contributed by atoms with E-state index in [4.69, 9.17) is 0 Å². The van der Waals surface area contributed by atoms with Crippen LogP contribution in [0, 0.1) is 0 Å². The minimum Gasteiger partial charge on any atom is -0.348 e. The lowest BCUT2D eigenvalue weighted by Crippen LogP contribution is -2.32. The molecule has 0 saturated heterocycles. The van der Waals surface area contributed by atoms with E-state index in [0.717, 1.165) is 17.7 Å². The zero-order valence-electron chi connectivity index (χ0n) is 11.6. The molecule has 1 unspecified atom stereocenters. The van der Waals surface area contributed by atoms with Gasteiger partial charge in [0, 0.05) is 13.1 Å². The lowest BCUT2D eigenvalue weighted by molar-refractivity contribution is 0.0933. The van der Waals surface area contributed by atoms with E-state index in [1.165, 1.54) is 0 Å². The predicted octanol–water partition coefficient (Wildman–Crippen LogP) is 2.62. The highest BCUT2D eigenvalue weighted by Gasteiger charge is 2.14. The van der Waals surface area contributed by atoms with Crippen LogP contribution in [0.25, 0.3) is 11.3 Å². The lowest BCUT2D eigenvalue weighted by Gasteiger charge is -2.09. The van der Waals surface area contributed by atoms with Crippen molar-refractivity contribution in [1.29, 1.82) is 0 Å². The van der Waals surface area contributed by atoms with Crippen molar-refractivity contribution in [2.45, 2.75) is 26.3 Å². The first-order chi connectivity index (χ1) is 9.11. The molecule has 100 valence electrons. The Morgan fingerprint density at radius 3 is 2.68 bits per heavy atom. The van der Waals surface area contributed by atoms with Gasteiger partial charge in [-0.15, -0.1) is 0 Å². The summed E-state index contributed by atoms with van der Waals surface area (Å²) in [5.41, 5.74) is 2.46. The summed E-state index contributed by atoms with van der Waals surface area (Å²) in [5.74, 6) is -0.118. The Kier molecular flexibility index (Phi) is 4.00. The van der Waals surface area contributed by atoms with Gasteiger partial charge in [0.1, 0.15) is 0 Å². The lowest BCUT2D eigenvalue weighted by atomic mass is 10.1. The number of nitrogens with zero attached hydrogens (tertiary/aromatic N) is 2. The fourth-order valence-electron chi connectivity index (χ4n) is 1.86. The number of benzene rings is 1. The summed E-state index contributed by atoms with van der Waals surface area (Å²) in [5, 5.41) is 7.20. The maximum atomic E-state index is 12.0. The van der Waals surface area contributed by atoms with Gasteiger partial charge in [-0.05, 0) is 25.0 Å². The minimum absolute atomic E-state index is 0.118. The van der Waals surface area contributed by atoms with Crippen molar-refractivity contribution in [1.82, 2.24) is 15.1 Å². The number of carbonyl (C=O) groups is 1. The number of hydrogen-bond acceptors (Lipinski definition) is 2. The van der Waals surface area contributed by atoms with E-state index in [1.807, 2.05) is 57.3 Å². The number of aryl methyl sites for hydroxylation is 1. The van der Waals surface area contributed by atoms with Gasteiger partial charge in [0.05, 0.1) is 5.69 Å². The second kappa shape index (κ2) is 5.69. The second-order valence-electron chi connectivity index (χ2n) is 4.69. The van der Waals surface area contributed by atoms with E-state index in [0.29, 0.717) is 5.69 Å². The van der Waals surface area contributed by atoms with Crippen LogP contribution in [0.1, 0.15) is 30.8 Å². The third-order valence-corrected chi connectivity index (χ3v) is 3.17. The zero-order valence-corrected chi connectivity index (χ0v) is 11.6. The molecule has 0 aliphatic heterocycles. The van der Waals surface area contributed by atoms with Crippen LogP contribution in [-0.4, -0.2) is 21.7 Å². The number of hydrogen-bond donors (Lipinski definition) is 1. The van der Waals surface area contributed by atoms with Gasteiger partial charge in [0.25, 0.3) is 5.91 Å². The van der Waals surface area contributed by atoms with Gasteiger partial charge in [-0.3, -0.25) is 9.48 Å². The summed E-state index contributed by atoms with van der Waals surface area (Å²) in [4.78, 5) is 12.0. The fourth-order valence-corrected chi connectivity index (χ4v) is 1.86. The fraction of sp³-hybridized carbons (Fsp3) is 0.333. The quantitative estimate of drug-likeness (QED) is 0.915. The van der Waals surface area contributed by atoms with E-state index < -0.39 is 0 Å². The number of rotatable bonds is 4. The Bertz CT molecular complexity index is 560. The SMILES string of the molecule is CCC(C)NC(=O)c1cc(-c2ccccc2)n(C)n1. The van der Waals surface area contributed by atoms with Gasteiger partial charge in [0.2, 0.25) is 0 Å². The van der Waals surface area contributed by atoms with Gasteiger partial charge < -0.3 is 5.32 Å². The topological polar surface area (TPSA) is 46.9 Å². The molecule has 1 aromatic heterocycles. The average Bonchev–Trinajstić information content (AvgIpc) is 2.82. The molecule has 0 radical (unpaired) electrons. The maximum Gasteiger partial charge on any atom is 0.272 e. The zero-order chi connectivity index (χ0) is 13.8. The third-order valence-electron chi connectivity index (χ3n) is 3.17. The van der Waals surface area contributed by atoms with Crippen LogP contribution in [0.15, 0.2) is 36.4 Å². The van der Waals surface area contributed by atoms with Crippen molar-refractivity contribution in [2.75, 3.05) is 0 Å². The smallest absolute Gasteiger partial charge is 0.272 e. The van der Waals surface area contributed by atoms with Gasteiger partial charge in [-0.1, -0.05) is 37.3 Å². The van der Waals surface area contributed by atoms with E-state index in [9.17, 15) is 4.79 Å². The van der Waals surface area contributed by atoms with E-state index >= 15 is 0 Å². The molecule has 2 rings (SSSR count). The molecule has 1 aromatic carbocycles. The number of carbonyl (C=O) groups excluding carboxylic acids is 1. The van der Waals surface area contributed by atoms with Crippen molar-refractivity contribution < 1.29 is 4.79 Å². The summed E-state index contributed by atoms with van der Waals surface area (Å²) in [6.45, 7) is 4.03. The molecule has 0 bridgehead atoms. The van der Waals surface area contributed by atoms with Crippen LogP contribution < -0.4 is 5.32 Å². The molecule has 0 aliphatic rings. The van der Waals surface area contributed by atoms with Crippen molar-refractivity contribution in [3.05, 3.63) is 42.1 Å². The summed E-state index contributed by atoms with van der Waals surface area (Å²) >= 11 is 0. The van der Waals surface area contributed by atoms with Crippen LogP contribution in [0.3, 0.4) is 0 Å². The summed E-state index contributed by atoms with van der Waals surface area (Å²) < 4.78 is 1.74. The second-order valence-corrected chi connectivity index (χ2v) is 4.69. The monoisotopic (exact) mass is 257 g/mol. The minimum atomic E-state index is -0.118. The Morgan fingerprint density at radius 1 is 1.37 bits per heavy atom. The van der Waals surface area contributed by atoms with Crippen LogP contribution >= 0.6 is 0 Å². The van der Waals surface area contributed by atoms with E-state index in [-0.39, 0.29) is 11.9 Å². The van der Waals surface area contributed by atoms with Crippen LogP contribution in [-0.2, 0) is 7.05 Å². The summed E-state index contributed by atoms with van der Waals surface area (Å²) in [6.07, 6.45) is 0.907. The Labute approximate surface area is 113 Å². The molecule has 0 spiro atoms. The first kappa shape index (κ1) is 13.3. The Balaban J connectivity index is 2.24. The molecule has 2 aromatic rings. The molecule has 0 aliphatic carbocycles. The van der Waals surface area contributed by atoms with Gasteiger partial charge >= 0.3 is 0 Å². The molecule has 1 amide bonds. The molecule has 0 saturated carbocycles. The predicted molar refractivity (Wildman–Crippen MR) is 75.9 cm³/mol. The molecule has 1 N–H and O–H groups in total. The molecule has 1 heterocycles. The van der Waals surface area contributed by atoms with Gasteiger partial charge in [0.15, 0.2) is 5.69 Å². The first-order valence-electron chi connectivity index (χ1n) is 6.52. The van der Waals surface area contributed by atoms with Crippen molar-refractivity contribution in [3.63, 3.8) is 0 Å². The highest BCUT2D eigenvalue weighted by Crippen LogP contribution is 2.19. The molecule has 19 heavy (non-hydrogen) atoms. The van der Waals surface area contributed by atoms with Crippen LogP contribution in [0.2, 0.25) is 0 Å². The normalized spacial score (nSPS) is 12.2. The number of amides is 1. The van der Waals surface area contributed by atoms with E-state index in [2.05, 4.69) is 10.4 Å². The molecule has 4 nitrogen and oxygen atoms in total. The molecule has 0 fully saturated rings. The third kappa shape index (κ3) is 3.02. The van der Waals surface area contributed by atoms with Gasteiger partial charge in [-0.2, -0.15) is 5.10 Å². The van der Waals surface area contributed by atoms with E-state index in [1.54, 1.807) is 4.68 Å². The first-order valence-corrected chi connectivity index (χ1v) is 6.52. The Morgan fingerprint density at radius 2 is 2.05 bits per heavy atom. The highest BCUT2D eigenvalue weighted by atomic mass is 16.2. The molecule has 4 heteroatoms. The largest absolute Gasteiger partial charge is 0.348 e. The van der Waals surface area contributed by atoms with Crippen molar-refractivity contribution in [3.8, 4) is 11.3 Å². The summed E-state index contributed by atoms with van der Waals surface area (Å²) in [6, 6.07) is 11.9. The maximum absolute atomic E-state index is 12.0. The summed E-state index contributed by atoms with van der Waals surface area (Å²) in [7, 11) is 1.85. The number of aromatic nitrogens is 2. The number of nitrogens with one attached hydrogen (secondary N) is 1. The molecular formula is C15H19N3O. The molecular weight excluding hydrogens is 238 g/mol.